The Morgan fingerprint density at radius 3 is 1.73 bits per heavy atom. The van der Waals surface area contributed by atoms with Gasteiger partial charge in [0, 0.05) is 39.3 Å². The zero-order valence-electron chi connectivity index (χ0n) is 17.5. The second kappa shape index (κ2) is 9.69. The van der Waals surface area contributed by atoms with Crippen LogP contribution in [0.5, 0.6) is 0 Å². The van der Waals surface area contributed by atoms with E-state index in [4.69, 9.17) is 0 Å². The number of sulfonamides is 2. The summed E-state index contributed by atoms with van der Waals surface area (Å²) in [6, 6.07) is 12.0. The van der Waals surface area contributed by atoms with Crippen LogP contribution in [-0.4, -0.2) is 58.5 Å². The summed E-state index contributed by atoms with van der Waals surface area (Å²) in [5.41, 5.74) is 1.07. The first-order valence-corrected chi connectivity index (χ1v) is 12.3. The van der Waals surface area contributed by atoms with Crippen LogP contribution in [0.15, 0.2) is 58.3 Å². The van der Waals surface area contributed by atoms with E-state index in [1.54, 1.807) is 26.0 Å². The van der Waals surface area contributed by atoms with Gasteiger partial charge in [0.05, 0.1) is 9.79 Å². The number of carbonyl (C=O) groups is 1. The third kappa shape index (κ3) is 5.25. The second-order valence-corrected chi connectivity index (χ2v) is 10.8. The van der Waals surface area contributed by atoms with Crippen molar-refractivity contribution in [2.24, 2.45) is 0 Å². The fourth-order valence-electron chi connectivity index (χ4n) is 2.77. The molecular formula is C20H27N3O5S2. The van der Waals surface area contributed by atoms with Crippen molar-refractivity contribution in [1.82, 2.24) is 13.9 Å². The third-order valence-electron chi connectivity index (χ3n) is 4.61. The smallest absolute Gasteiger partial charge is 0.251 e. The first-order valence-electron chi connectivity index (χ1n) is 9.44. The van der Waals surface area contributed by atoms with Crippen LogP contribution in [0.4, 0.5) is 0 Å². The molecule has 30 heavy (non-hydrogen) atoms. The molecule has 0 atom stereocenters. The zero-order valence-corrected chi connectivity index (χ0v) is 19.1. The number of amides is 1. The minimum absolute atomic E-state index is 0.139. The van der Waals surface area contributed by atoms with Crippen LogP contribution in [-0.2, 0) is 26.6 Å². The Balaban J connectivity index is 2.05. The fourth-order valence-corrected chi connectivity index (χ4v) is 5.13. The fraction of sp³-hybridized carbons (Fsp3) is 0.350. The van der Waals surface area contributed by atoms with Crippen molar-refractivity contribution in [2.45, 2.75) is 30.2 Å². The van der Waals surface area contributed by atoms with E-state index in [9.17, 15) is 21.6 Å². The van der Waals surface area contributed by atoms with Gasteiger partial charge in [0.1, 0.15) is 0 Å². The molecule has 8 nitrogen and oxygen atoms in total. The van der Waals surface area contributed by atoms with Crippen molar-refractivity contribution in [1.29, 1.82) is 0 Å². The largest absolute Gasteiger partial charge is 0.348 e. The maximum atomic E-state index is 12.5. The maximum absolute atomic E-state index is 12.5. The quantitative estimate of drug-likeness (QED) is 0.625. The molecule has 164 valence electrons. The molecule has 1 N–H and O–H groups in total. The van der Waals surface area contributed by atoms with Crippen molar-refractivity contribution in [3.8, 4) is 0 Å². The number of rotatable bonds is 9. The number of hydrogen-bond acceptors (Lipinski definition) is 5. The summed E-state index contributed by atoms with van der Waals surface area (Å²) in [7, 11) is -4.15. The lowest BCUT2D eigenvalue weighted by molar-refractivity contribution is 0.0950. The van der Waals surface area contributed by atoms with E-state index in [1.165, 1.54) is 54.8 Å². The predicted octanol–water partition coefficient (Wildman–Crippen LogP) is 1.90. The van der Waals surface area contributed by atoms with E-state index in [0.717, 1.165) is 9.87 Å². The van der Waals surface area contributed by atoms with Gasteiger partial charge in [-0.05, 0) is 42.0 Å². The Labute approximate surface area is 178 Å². The Morgan fingerprint density at radius 1 is 0.800 bits per heavy atom. The second-order valence-electron chi connectivity index (χ2n) is 6.73. The molecule has 0 unspecified atom stereocenters. The molecule has 0 aromatic heterocycles. The molecule has 2 aromatic rings. The summed E-state index contributed by atoms with van der Waals surface area (Å²) in [5, 5.41) is 2.74. The molecule has 0 aliphatic heterocycles. The molecule has 0 saturated carbocycles. The van der Waals surface area contributed by atoms with Gasteiger partial charge in [0.2, 0.25) is 20.0 Å². The Hall–Kier alpha value is -2.27. The van der Waals surface area contributed by atoms with E-state index in [0.29, 0.717) is 18.7 Å². The molecule has 0 heterocycles. The number of benzene rings is 2. The molecule has 2 aromatic carbocycles. The molecule has 0 fully saturated rings. The summed E-state index contributed by atoms with van der Waals surface area (Å²) in [4.78, 5) is 12.7. The molecule has 0 aliphatic carbocycles. The van der Waals surface area contributed by atoms with Crippen molar-refractivity contribution < 1.29 is 21.6 Å². The van der Waals surface area contributed by atoms with Gasteiger partial charge in [-0.2, -0.15) is 4.31 Å². The predicted molar refractivity (Wildman–Crippen MR) is 115 cm³/mol. The standard InChI is InChI=1S/C20H27N3O5S2/c1-5-23(6-2)30(27,28)19-13-9-17(10-14-19)20(24)21-15-16-7-11-18(12-8-16)29(25,26)22(3)4/h7-14H,5-6,15H2,1-4H3,(H,21,24). The molecule has 2 rings (SSSR count). The van der Waals surface area contributed by atoms with E-state index < -0.39 is 20.0 Å². The summed E-state index contributed by atoms with van der Waals surface area (Å²) >= 11 is 0. The molecule has 1 amide bonds. The highest BCUT2D eigenvalue weighted by Crippen LogP contribution is 2.17. The highest BCUT2D eigenvalue weighted by molar-refractivity contribution is 7.89. The van der Waals surface area contributed by atoms with E-state index in [-0.39, 0.29) is 22.2 Å². The van der Waals surface area contributed by atoms with Crippen LogP contribution >= 0.6 is 0 Å². The molecule has 0 spiro atoms. The lowest BCUT2D eigenvalue weighted by Crippen LogP contribution is -2.30. The molecular weight excluding hydrogens is 426 g/mol. The van der Waals surface area contributed by atoms with Crippen LogP contribution < -0.4 is 5.32 Å². The van der Waals surface area contributed by atoms with Crippen LogP contribution in [0.25, 0.3) is 0 Å². The maximum Gasteiger partial charge on any atom is 0.251 e. The Bertz CT molecular complexity index is 1070. The highest BCUT2D eigenvalue weighted by Gasteiger charge is 2.21. The van der Waals surface area contributed by atoms with E-state index >= 15 is 0 Å². The summed E-state index contributed by atoms with van der Waals surface area (Å²) < 4.78 is 51.7. The highest BCUT2D eigenvalue weighted by atomic mass is 32.2. The molecule has 0 bridgehead atoms. The van der Waals surface area contributed by atoms with Gasteiger partial charge in [-0.1, -0.05) is 26.0 Å². The van der Waals surface area contributed by atoms with Crippen molar-refractivity contribution in [3.05, 3.63) is 59.7 Å². The van der Waals surface area contributed by atoms with Crippen molar-refractivity contribution >= 4 is 26.0 Å². The minimum atomic E-state index is -3.57. The number of nitrogens with zero attached hydrogens (tertiary/aromatic N) is 2. The number of nitrogens with one attached hydrogen (secondary N) is 1. The minimum Gasteiger partial charge on any atom is -0.348 e. The summed E-state index contributed by atoms with van der Waals surface area (Å²) in [6.45, 7) is 4.49. The summed E-state index contributed by atoms with van der Waals surface area (Å²) in [6.07, 6.45) is 0. The van der Waals surface area contributed by atoms with Gasteiger partial charge < -0.3 is 5.32 Å². The molecule has 0 radical (unpaired) electrons. The van der Waals surface area contributed by atoms with Gasteiger partial charge in [-0.15, -0.1) is 0 Å². The zero-order chi connectivity index (χ0) is 22.5. The van der Waals surface area contributed by atoms with Gasteiger partial charge >= 0.3 is 0 Å². The van der Waals surface area contributed by atoms with Crippen LogP contribution in [0, 0.1) is 0 Å². The Kier molecular flexibility index (Phi) is 7.75. The topological polar surface area (TPSA) is 104 Å². The third-order valence-corrected chi connectivity index (χ3v) is 8.51. The van der Waals surface area contributed by atoms with Crippen LogP contribution in [0.1, 0.15) is 29.8 Å². The van der Waals surface area contributed by atoms with E-state index in [2.05, 4.69) is 5.32 Å². The first-order chi connectivity index (χ1) is 14.0. The van der Waals surface area contributed by atoms with Crippen molar-refractivity contribution in [2.75, 3.05) is 27.2 Å². The summed E-state index contributed by atoms with van der Waals surface area (Å²) in [5.74, 6) is -0.355. The van der Waals surface area contributed by atoms with Crippen LogP contribution in [0.3, 0.4) is 0 Å². The van der Waals surface area contributed by atoms with Gasteiger partial charge in [-0.3, -0.25) is 4.79 Å². The number of carbonyl (C=O) groups excluding carboxylic acids is 1. The lowest BCUT2D eigenvalue weighted by atomic mass is 10.2. The molecule has 10 heteroatoms. The van der Waals surface area contributed by atoms with Gasteiger partial charge in [0.15, 0.2) is 0 Å². The van der Waals surface area contributed by atoms with Crippen molar-refractivity contribution in [3.63, 3.8) is 0 Å². The SMILES string of the molecule is CCN(CC)S(=O)(=O)c1ccc(C(=O)NCc2ccc(S(=O)(=O)N(C)C)cc2)cc1. The normalized spacial score (nSPS) is 12.3. The first kappa shape index (κ1) is 24.0. The van der Waals surface area contributed by atoms with Gasteiger partial charge in [0.25, 0.3) is 5.91 Å². The molecule has 0 aliphatic rings. The van der Waals surface area contributed by atoms with E-state index in [1.807, 2.05) is 0 Å². The molecule has 0 saturated heterocycles. The lowest BCUT2D eigenvalue weighted by Gasteiger charge is -2.18. The Morgan fingerprint density at radius 2 is 1.27 bits per heavy atom. The average molecular weight is 454 g/mol. The monoisotopic (exact) mass is 453 g/mol. The number of hydrogen-bond donors (Lipinski definition) is 1. The van der Waals surface area contributed by atoms with Gasteiger partial charge in [-0.25, -0.2) is 21.1 Å². The van der Waals surface area contributed by atoms with Crippen LogP contribution in [0.2, 0.25) is 0 Å². The average Bonchev–Trinajstić information content (AvgIpc) is 2.73.